The third-order valence-electron chi connectivity index (χ3n) is 2.10. The molecule has 1 heterocycles. The molecule has 0 aliphatic carbocycles. The molecule has 0 bridgehead atoms. The number of nitrogens with two attached hydrogens (primary N) is 1. The average molecular weight is 197 g/mol. The first-order valence-electron chi connectivity index (χ1n) is 5.09. The van der Waals surface area contributed by atoms with Crippen LogP contribution < -0.4 is 5.73 Å². The summed E-state index contributed by atoms with van der Waals surface area (Å²) in [6.45, 7) is 6.04. The van der Waals surface area contributed by atoms with E-state index in [1.165, 1.54) is 0 Å². The summed E-state index contributed by atoms with van der Waals surface area (Å²) < 4.78 is 11.0. The Morgan fingerprint density at radius 1 is 1.50 bits per heavy atom. The first kappa shape index (κ1) is 11.3. The second-order valence-electron chi connectivity index (χ2n) is 3.69. The zero-order valence-electron chi connectivity index (χ0n) is 9.07. The van der Waals surface area contributed by atoms with Gasteiger partial charge in [0.2, 0.25) is 0 Å². The highest BCUT2D eigenvalue weighted by Gasteiger charge is 2.22. The Balaban J connectivity index is 2.72. The third-order valence-corrected chi connectivity index (χ3v) is 2.10. The van der Waals surface area contributed by atoms with E-state index in [2.05, 4.69) is 0 Å². The first-order valence-corrected chi connectivity index (χ1v) is 5.09. The van der Waals surface area contributed by atoms with E-state index in [1.54, 1.807) is 6.26 Å². The summed E-state index contributed by atoms with van der Waals surface area (Å²) in [6, 6.07) is 3.75. The van der Waals surface area contributed by atoms with Crippen LogP contribution in [0.2, 0.25) is 0 Å². The Bertz CT molecular complexity index is 244. The van der Waals surface area contributed by atoms with Gasteiger partial charge in [-0.05, 0) is 32.4 Å². The van der Waals surface area contributed by atoms with Crippen molar-refractivity contribution >= 4 is 0 Å². The van der Waals surface area contributed by atoms with Crippen LogP contribution >= 0.6 is 0 Å². The minimum atomic E-state index is -0.130. The second-order valence-corrected chi connectivity index (χ2v) is 3.69. The molecule has 1 aromatic heterocycles. The summed E-state index contributed by atoms with van der Waals surface area (Å²) in [5.74, 6) is 0.813. The molecule has 0 aromatic carbocycles. The summed E-state index contributed by atoms with van der Waals surface area (Å²) in [6.07, 6.45) is 2.55. The fourth-order valence-corrected chi connectivity index (χ4v) is 1.34. The highest BCUT2D eigenvalue weighted by atomic mass is 16.5. The second kappa shape index (κ2) is 5.17. The number of ether oxygens (including phenoxy) is 1. The van der Waals surface area contributed by atoms with Crippen molar-refractivity contribution in [3.63, 3.8) is 0 Å². The summed E-state index contributed by atoms with van der Waals surface area (Å²) in [4.78, 5) is 0. The molecule has 2 N–H and O–H groups in total. The van der Waals surface area contributed by atoms with Crippen LogP contribution in [0.3, 0.4) is 0 Å². The molecule has 0 radical (unpaired) electrons. The summed E-state index contributed by atoms with van der Waals surface area (Å²) >= 11 is 0. The minimum Gasteiger partial charge on any atom is -0.467 e. The molecule has 0 amide bonds. The number of furan rings is 1. The Kier molecular flexibility index (Phi) is 4.17. The van der Waals surface area contributed by atoms with Crippen molar-refractivity contribution in [2.75, 3.05) is 0 Å². The largest absolute Gasteiger partial charge is 0.467 e. The fourth-order valence-electron chi connectivity index (χ4n) is 1.34. The van der Waals surface area contributed by atoms with Crippen molar-refractivity contribution in [3.8, 4) is 0 Å². The van der Waals surface area contributed by atoms with E-state index in [4.69, 9.17) is 14.9 Å². The van der Waals surface area contributed by atoms with Gasteiger partial charge >= 0.3 is 0 Å². The molecular formula is C11H19NO2. The van der Waals surface area contributed by atoms with E-state index < -0.39 is 0 Å². The highest BCUT2D eigenvalue weighted by Crippen LogP contribution is 2.23. The molecule has 3 nitrogen and oxygen atoms in total. The fraction of sp³-hybridized carbons (Fsp3) is 0.636. The van der Waals surface area contributed by atoms with E-state index in [0.29, 0.717) is 0 Å². The van der Waals surface area contributed by atoms with Gasteiger partial charge in [-0.3, -0.25) is 0 Å². The molecule has 1 aromatic rings. The van der Waals surface area contributed by atoms with Gasteiger partial charge in [-0.25, -0.2) is 0 Å². The zero-order chi connectivity index (χ0) is 10.6. The molecule has 0 saturated heterocycles. The molecule has 0 aliphatic rings. The van der Waals surface area contributed by atoms with Crippen LogP contribution in [-0.4, -0.2) is 12.1 Å². The molecule has 2 unspecified atom stereocenters. The van der Waals surface area contributed by atoms with Gasteiger partial charge in [0.1, 0.15) is 11.9 Å². The number of hydrogen-bond acceptors (Lipinski definition) is 3. The molecule has 80 valence electrons. The maximum atomic E-state index is 5.97. The first-order chi connectivity index (χ1) is 6.65. The van der Waals surface area contributed by atoms with E-state index >= 15 is 0 Å². The van der Waals surface area contributed by atoms with Crippen molar-refractivity contribution in [3.05, 3.63) is 24.2 Å². The van der Waals surface area contributed by atoms with Gasteiger partial charge in [-0.1, -0.05) is 6.92 Å². The molecule has 0 fully saturated rings. The topological polar surface area (TPSA) is 48.4 Å². The molecule has 1 rings (SSSR count). The van der Waals surface area contributed by atoms with Crippen LogP contribution in [0.4, 0.5) is 0 Å². The SMILES string of the molecule is CCC(N)C(OC(C)C)c1ccco1. The van der Waals surface area contributed by atoms with E-state index in [1.807, 2.05) is 32.9 Å². The summed E-state index contributed by atoms with van der Waals surface area (Å²) in [5.41, 5.74) is 5.97. The lowest BCUT2D eigenvalue weighted by Gasteiger charge is -2.23. The van der Waals surface area contributed by atoms with Crippen molar-refractivity contribution in [2.24, 2.45) is 5.73 Å². The van der Waals surface area contributed by atoms with Gasteiger partial charge in [0.05, 0.1) is 12.4 Å². The minimum absolute atomic E-state index is 0.0106. The number of rotatable bonds is 5. The van der Waals surface area contributed by atoms with Crippen molar-refractivity contribution in [1.29, 1.82) is 0 Å². The molecule has 2 atom stereocenters. The predicted octanol–water partition coefficient (Wildman–Crippen LogP) is 2.48. The normalized spacial score (nSPS) is 15.8. The number of hydrogen-bond donors (Lipinski definition) is 1. The highest BCUT2D eigenvalue weighted by molar-refractivity contribution is 5.05. The third kappa shape index (κ3) is 2.86. The predicted molar refractivity (Wildman–Crippen MR) is 55.9 cm³/mol. The van der Waals surface area contributed by atoms with Crippen LogP contribution in [0.1, 0.15) is 39.1 Å². The van der Waals surface area contributed by atoms with Gasteiger partial charge in [0.15, 0.2) is 0 Å². The summed E-state index contributed by atoms with van der Waals surface area (Å²) in [7, 11) is 0. The average Bonchev–Trinajstić information content (AvgIpc) is 2.65. The molecular weight excluding hydrogens is 178 g/mol. The Morgan fingerprint density at radius 2 is 2.21 bits per heavy atom. The standard InChI is InChI=1S/C11H19NO2/c1-4-9(12)11(14-8(2)3)10-6-5-7-13-10/h5-9,11H,4,12H2,1-3H3. The maximum Gasteiger partial charge on any atom is 0.134 e. The van der Waals surface area contributed by atoms with Crippen LogP contribution in [0.5, 0.6) is 0 Å². The lowest BCUT2D eigenvalue weighted by molar-refractivity contribution is -0.0207. The van der Waals surface area contributed by atoms with Crippen LogP contribution in [0.15, 0.2) is 22.8 Å². The molecule has 0 aliphatic heterocycles. The van der Waals surface area contributed by atoms with E-state index in [0.717, 1.165) is 12.2 Å². The van der Waals surface area contributed by atoms with Crippen LogP contribution in [-0.2, 0) is 4.74 Å². The Hall–Kier alpha value is -0.800. The smallest absolute Gasteiger partial charge is 0.134 e. The van der Waals surface area contributed by atoms with Gasteiger partial charge < -0.3 is 14.9 Å². The van der Waals surface area contributed by atoms with Crippen molar-refractivity contribution < 1.29 is 9.15 Å². The van der Waals surface area contributed by atoms with Gasteiger partial charge in [0, 0.05) is 6.04 Å². The monoisotopic (exact) mass is 197 g/mol. The Morgan fingerprint density at radius 3 is 2.64 bits per heavy atom. The van der Waals surface area contributed by atoms with Crippen LogP contribution in [0, 0.1) is 0 Å². The lowest BCUT2D eigenvalue weighted by atomic mass is 10.1. The van der Waals surface area contributed by atoms with E-state index in [9.17, 15) is 0 Å². The molecule has 3 heteroatoms. The quantitative estimate of drug-likeness (QED) is 0.788. The van der Waals surface area contributed by atoms with Gasteiger partial charge in [-0.15, -0.1) is 0 Å². The van der Waals surface area contributed by atoms with Crippen molar-refractivity contribution in [2.45, 2.75) is 45.4 Å². The summed E-state index contributed by atoms with van der Waals surface area (Å²) in [5, 5.41) is 0. The van der Waals surface area contributed by atoms with E-state index in [-0.39, 0.29) is 18.2 Å². The Labute approximate surface area is 85.2 Å². The van der Waals surface area contributed by atoms with Crippen molar-refractivity contribution in [1.82, 2.24) is 0 Å². The lowest BCUT2D eigenvalue weighted by Crippen LogP contribution is -2.30. The molecule has 14 heavy (non-hydrogen) atoms. The maximum absolute atomic E-state index is 5.97. The zero-order valence-corrected chi connectivity index (χ0v) is 9.07. The molecule has 0 saturated carbocycles. The van der Waals surface area contributed by atoms with Gasteiger partial charge in [-0.2, -0.15) is 0 Å². The molecule has 0 spiro atoms. The van der Waals surface area contributed by atoms with Gasteiger partial charge in [0.25, 0.3) is 0 Å². The van der Waals surface area contributed by atoms with Crippen LogP contribution in [0.25, 0.3) is 0 Å².